The molecule has 21 heavy (non-hydrogen) atoms. The van der Waals surface area contributed by atoms with E-state index in [0.717, 1.165) is 0 Å². The summed E-state index contributed by atoms with van der Waals surface area (Å²) in [5, 5.41) is 2.43. The average molecular weight is 295 g/mol. The number of benzene rings is 1. The summed E-state index contributed by atoms with van der Waals surface area (Å²) in [6.07, 6.45) is -0.699. The molecule has 0 bridgehead atoms. The summed E-state index contributed by atoms with van der Waals surface area (Å²) in [6, 6.07) is 8.03. The lowest BCUT2D eigenvalue weighted by Crippen LogP contribution is -2.47. The molecule has 0 aromatic heterocycles. The van der Waals surface area contributed by atoms with E-state index in [1.807, 2.05) is 18.2 Å². The predicted molar refractivity (Wildman–Crippen MR) is 77.1 cm³/mol. The first-order valence-electron chi connectivity index (χ1n) is 6.57. The fourth-order valence-corrected chi connectivity index (χ4v) is 1.46. The van der Waals surface area contributed by atoms with E-state index in [-0.39, 0.29) is 6.61 Å². The molecule has 1 rings (SSSR count). The summed E-state index contributed by atoms with van der Waals surface area (Å²) in [7, 11) is 1.24. The highest BCUT2D eigenvalue weighted by Gasteiger charge is 2.25. The fourth-order valence-electron chi connectivity index (χ4n) is 1.46. The van der Waals surface area contributed by atoms with E-state index in [0.29, 0.717) is 5.75 Å². The monoisotopic (exact) mass is 295 g/mol. The lowest BCUT2D eigenvalue weighted by molar-refractivity contribution is -0.143. The molecule has 0 unspecified atom stereocenters. The van der Waals surface area contributed by atoms with Gasteiger partial charge in [0.2, 0.25) is 0 Å². The van der Waals surface area contributed by atoms with Crippen LogP contribution in [0.4, 0.5) is 4.79 Å². The van der Waals surface area contributed by atoms with Crippen LogP contribution >= 0.6 is 0 Å². The van der Waals surface area contributed by atoms with Gasteiger partial charge in [0.05, 0.1) is 7.11 Å². The summed E-state index contributed by atoms with van der Waals surface area (Å²) >= 11 is 0. The molecule has 1 N–H and O–H groups in total. The second kappa shape index (κ2) is 7.52. The van der Waals surface area contributed by atoms with Crippen molar-refractivity contribution < 1.29 is 23.8 Å². The Morgan fingerprint density at radius 3 is 2.33 bits per heavy atom. The molecule has 0 radical (unpaired) electrons. The van der Waals surface area contributed by atoms with Gasteiger partial charge in [0, 0.05) is 0 Å². The molecule has 1 atom stereocenters. The lowest BCUT2D eigenvalue weighted by Gasteiger charge is -2.22. The number of esters is 1. The van der Waals surface area contributed by atoms with E-state index < -0.39 is 23.7 Å². The third-order valence-corrected chi connectivity index (χ3v) is 2.34. The molecular formula is C15H21NO5. The minimum atomic E-state index is -0.940. The molecule has 1 amide bonds. The van der Waals surface area contributed by atoms with Crippen molar-refractivity contribution in [3.63, 3.8) is 0 Å². The molecule has 1 aromatic carbocycles. The van der Waals surface area contributed by atoms with Crippen molar-refractivity contribution in [2.75, 3.05) is 13.7 Å². The van der Waals surface area contributed by atoms with Crippen molar-refractivity contribution in [1.82, 2.24) is 5.32 Å². The van der Waals surface area contributed by atoms with Gasteiger partial charge in [-0.15, -0.1) is 0 Å². The highest BCUT2D eigenvalue weighted by Crippen LogP contribution is 2.10. The van der Waals surface area contributed by atoms with E-state index in [4.69, 9.17) is 9.47 Å². The van der Waals surface area contributed by atoms with Gasteiger partial charge in [0.1, 0.15) is 18.0 Å². The number of nitrogens with one attached hydrogen (secondary N) is 1. The molecule has 0 aliphatic rings. The maximum atomic E-state index is 11.7. The number of ether oxygens (including phenoxy) is 3. The number of hydrogen-bond acceptors (Lipinski definition) is 5. The van der Waals surface area contributed by atoms with Gasteiger partial charge in [-0.05, 0) is 32.9 Å². The number of carbonyl (C=O) groups is 2. The second-order valence-electron chi connectivity index (χ2n) is 5.35. The number of amides is 1. The molecule has 0 saturated carbocycles. The van der Waals surface area contributed by atoms with Gasteiger partial charge >= 0.3 is 12.1 Å². The van der Waals surface area contributed by atoms with Crippen LogP contribution in [0.2, 0.25) is 0 Å². The maximum absolute atomic E-state index is 11.7. The molecule has 6 heteroatoms. The second-order valence-corrected chi connectivity index (χ2v) is 5.35. The van der Waals surface area contributed by atoms with Crippen LogP contribution < -0.4 is 10.1 Å². The molecule has 116 valence electrons. The van der Waals surface area contributed by atoms with Crippen LogP contribution in [0.25, 0.3) is 0 Å². The zero-order valence-corrected chi connectivity index (χ0v) is 12.7. The van der Waals surface area contributed by atoms with Crippen LogP contribution in [0.1, 0.15) is 20.8 Å². The van der Waals surface area contributed by atoms with Crippen molar-refractivity contribution in [2.24, 2.45) is 0 Å². The number of methoxy groups -OCH3 is 1. The SMILES string of the molecule is COC(=O)[C@H](COc1ccccc1)NC(=O)OC(C)(C)C. The van der Waals surface area contributed by atoms with Crippen LogP contribution in [0.5, 0.6) is 5.75 Å². The smallest absolute Gasteiger partial charge is 0.408 e. The van der Waals surface area contributed by atoms with E-state index in [9.17, 15) is 9.59 Å². The third kappa shape index (κ3) is 6.65. The third-order valence-electron chi connectivity index (χ3n) is 2.34. The summed E-state index contributed by atoms with van der Waals surface area (Å²) in [4.78, 5) is 23.4. The largest absolute Gasteiger partial charge is 0.491 e. The van der Waals surface area contributed by atoms with Crippen molar-refractivity contribution in [3.8, 4) is 5.75 Å². The van der Waals surface area contributed by atoms with Crippen LogP contribution in [0, 0.1) is 0 Å². The van der Waals surface area contributed by atoms with Gasteiger partial charge in [-0.25, -0.2) is 9.59 Å². The predicted octanol–water partition coefficient (Wildman–Crippen LogP) is 2.13. The van der Waals surface area contributed by atoms with E-state index in [2.05, 4.69) is 10.1 Å². The Morgan fingerprint density at radius 2 is 1.81 bits per heavy atom. The Balaban J connectivity index is 2.60. The molecule has 0 fully saturated rings. The summed E-state index contributed by atoms with van der Waals surface area (Å²) in [6.45, 7) is 5.16. The number of hydrogen-bond donors (Lipinski definition) is 1. The maximum Gasteiger partial charge on any atom is 0.408 e. The summed E-state index contributed by atoms with van der Waals surface area (Å²) in [5.41, 5.74) is -0.648. The Bertz CT molecular complexity index is 467. The zero-order valence-electron chi connectivity index (χ0n) is 12.7. The van der Waals surface area contributed by atoms with Crippen LogP contribution in [-0.4, -0.2) is 37.4 Å². The van der Waals surface area contributed by atoms with Crippen molar-refractivity contribution >= 4 is 12.1 Å². The highest BCUT2D eigenvalue weighted by molar-refractivity contribution is 5.81. The summed E-state index contributed by atoms with van der Waals surface area (Å²) < 4.78 is 15.2. The Labute approximate surface area is 124 Å². The van der Waals surface area contributed by atoms with Gasteiger partial charge in [0.25, 0.3) is 0 Å². The quantitative estimate of drug-likeness (QED) is 0.842. The first kappa shape index (κ1) is 16.8. The summed E-state index contributed by atoms with van der Waals surface area (Å²) in [5.74, 6) is -0.00539. The first-order chi connectivity index (χ1) is 9.81. The van der Waals surface area contributed by atoms with Gasteiger partial charge in [-0.1, -0.05) is 18.2 Å². The Kier molecular flexibility index (Phi) is 6.02. The average Bonchev–Trinajstić information content (AvgIpc) is 2.41. The van der Waals surface area contributed by atoms with Crippen molar-refractivity contribution in [2.45, 2.75) is 32.4 Å². The Hall–Kier alpha value is -2.24. The molecule has 6 nitrogen and oxygen atoms in total. The number of para-hydroxylation sites is 1. The standard InChI is InChI=1S/C15H21NO5/c1-15(2,3)21-14(18)16-12(13(17)19-4)10-20-11-8-6-5-7-9-11/h5-9,12H,10H2,1-4H3,(H,16,18)/t12-/m0/s1. The molecule has 0 spiro atoms. The molecule has 0 aliphatic carbocycles. The fraction of sp³-hybridized carbons (Fsp3) is 0.467. The first-order valence-corrected chi connectivity index (χ1v) is 6.57. The van der Waals surface area contributed by atoms with E-state index in [1.54, 1.807) is 32.9 Å². The molecule has 0 aliphatic heterocycles. The van der Waals surface area contributed by atoms with Crippen LogP contribution in [0.15, 0.2) is 30.3 Å². The van der Waals surface area contributed by atoms with E-state index >= 15 is 0 Å². The van der Waals surface area contributed by atoms with Gasteiger partial charge < -0.3 is 19.5 Å². The normalized spacial score (nSPS) is 12.2. The Morgan fingerprint density at radius 1 is 1.19 bits per heavy atom. The number of rotatable bonds is 5. The number of alkyl carbamates (subject to hydrolysis) is 1. The molecular weight excluding hydrogens is 274 g/mol. The van der Waals surface area contributed by atoms with E-state index in [1.165, 1.54) is 7.11 Å². The molecule has 0 saturated heterocycles. The number of carbonyl (C=O) groups excluding carboxylic acids is 2. The van der Waals surface area contributed by atoms with Gasteiger partial charge in [0.15, 0.2) is 6.04 Å². The molecule has 1 aromatic rings. The minimum absolute atomic E-state index is 0.0457. The molecule has 0 heterocycles. The van der Waals surface area contributed by atoms with Crippen molar-refractivity contribution in [3.05, 3.63) is 30.3 Å². The lowest BCUT2D eigenvalue weighted by atomic mass is 10.2. The minimum Gasteiger partial charge on any atom is -0.491 e. The topological polar surface area (TPSA) is 73.9 Å². The zero-order chi connectivity index (χ0) is 15.9. The van der Waals surface area contributed by atoms with Crippen molar-refractivity contribution in [1.29, 1.82) is 0 Å². The highest BCUT2D eigenvalue weighted by atomic mass is 16.6. The van der Waals surface area contributed by atoms with Crippen LogP contribution in [0.3, 0.4) is 0 Å². The van der Waals surface area contributed by atoms with Gasteiger partial charge in [-0.2, -0.15) is 0 Å². The van der Waals surface area contributed by atoms with Crippen LogP contribution in [-0.2, 0) is 14.3 Å². The van der Waals surface area contributed by atoms with Gasteiger partial charge in [-0.3, -0.25) is 0 Å².